The van der Waals surface area contributed by atoms with Gasteiger partial charge in [0.2, 0.25) is 0 Å². The molecule has 0 spiro atoms. The summed E-state index contributed by atoms with van der Waals surface area (Å²) in [5.41, 5.74) is 4.61. The average molecular weight is 587 g/mol. The number of hydrogen-bond donors (Lipinski definition) is 8. The second-order valence-corrected chi connectivity index (χ2v) is 12.2. The number of aromatic amines is 1. The third-order valence-electron chi connectivity index (χ3n) is 5.07. The molecule has 1 aliphatic rings. The van der Waals surface area contributed by atoms with Crippen LogP contribution in [0.25, 0.3) is 22.4 Å². The van der Waals surface area contributed by atoms with E-state index in [4.69, 9.17) is 20.3 Å². The third kappa shape index (κ3) is 5.81. The molecule has 0 radical (unpaired) electrons. The van der Waals surface area contributed by atoms with Crippen molar-refractivity contribution >= 4 is 40.3 Å². The quantitative estimate of drug-likeness (QED) is 0.141. The largest absolute Gasteiger partial charge is 0.490 e. The van der Waals surface area contributed by atoms with Crippen LogP contribution in [0.15, 0.2) is 18.6 Å². The molecule has 4 rings (SSSR count). The third-order valence-corrected chi connectivity index (χ3v) is 8.87. The highest BCUT2D eigenvalue weighted by atomic mass is 31.3. The molecule has 20 nitrogen and oxygen atoms in total. The maximum atomic E-state index is 12.0. The minimum atomic E-state index is -5.75. The van der Waals surface area contributed by atoms with Gasteiger partial charge in [0, 0.05) is 6.20 Å². The molecule has 9 N–H and O–H groups in total. The Morgan fingerprint density at radius 1 is 1.19 bits per heavy atom. The lowest BCUT2D eigenvalue weighted by Gasteiger charge is -2.26. The van der Waals surface area contributed by atoms with Gasteiger partial charge in [-0.05, 0) is 13.0 Å². The van der Waals surface area contributed by atoms with E-state index < -0.39 is 54.1 Å². The molecule has 1 aliphatic heterocycles. The first-order valence-corrected chi connectivity index (χ1v) is 14.4. The number of hydrogen-bond acceptors (Lipinski definition) is 14. The Morgan fingerprint density at radius 2 is 1.89 bits per heavy atom. The number of rotatable bonds is 9. The fourth-order valence-corrected chi connectivity index (χ4v) is 6.57. The molecule has 2 unspecified atom stereocenters. The van der Waals surface area contributed by atoms with Gasteiger partial charge in [-0.15, -0.1) is 0 Å². The molecule has 0 amide bonds. The number of nitrogen functional groups attached to an aromatic ring is 1. The molecular weight excluding hydrogens is 567 g/mol. The fourth-order valence-electron chi connectivity index (χ4n) is 3.54. The van der Waals surface area contributed by atoms with E-state index in [1.54, 1.807) is 6.07 Å². The lowest BCUT2D eigenvalue weighted by Crippen LogP contribution is -2.44. The van der Waals surface area contributed by atoms with Crippen molar-refractivity contribution in [2.24, 2.45) is 0 Å². The summed E-state index contributed by atoms with van der Waals surface area (Å²) in [6.07, 6.45) is -2.26. The molecule has 6 atom stereocenters. The number of nitrogens with two attached hydrogens (primary N) is 1. The first kappa shape index (κ1) is 27.9. The van der Waals surface area contributed by atoms with Crippen molar-refractivity contribution in [3.63, 3.8) is 0 Å². The van der Waals surface area contributed by atoms with E-state index in [0.29, 0.717) is 5.69 Å². The molecule has 0 bridgehead atoms. The van der Waals surface area contributed by atoms with Gasteiger partial charge in [-0.1, -0.05) is 0 Å². The van der Waals surface area contributed by atoms with Crippen molar-refractivity contribution in [2.45, 2.75) is 31.0 Å². The van der Waals surface area contributed by atoms with E-state index in [9.17, 15) is 33.7 Å². The SMILES string of the molecule is C[C@@]1(O)[C@H](O)[C@@H](COP(=O)(O)OP(=O)(O)OP(=O)(O)O)O[C@H]1n1nc(-c2ccn[nH]2)c2c(N)ncnc21. The predicted molar refractivity (Wildman–Crippen MR) is 118 cm³/mol. The van der Waals surface area contributed by atoms with Crippen LogP contribution in [0.2, 0.25) is 0 Å². The molecule has 1 saturated heterocycles. The summed E-state index contributed by atoms with van der Waals surface area (Å²) in [5.74, 6) is 0.0308. The Hall–Kier alpha value is -2.15. The summed E-state index contributed by atoms with van der Waals surface area (Å²) in [4.78, 5) is 44.1. The lowest BCUT2D eigenvalue weighted by molar-refractivity contribution is -0.1000. The van der Waals surface area contributed by atoms with Gasteiger partial charge in [-0.2, -0.15) is 18.8 Å². The smallest absolute Gasteiger partial charge is 0.387 e. The molecule has 3 aromatic rings. The standard InChI is InChI=1S/C14H20N7O13P3/c1-14(23)10(22)7(4-31-36(27,28)34-37(29,30)33-35(24,25)26)32-13(14)21-12-8(11(15)16-5-17-12)9(20-21)6-2-3-18-19-6/h2-3,5,7,10,13,22-23H,4H2,1H3,(H,18,19)(H,27,28)(H,29,30)(H2,15,16,17)(H2,24,25,26)/t7-,10-,13-,14-/m1/s1. The summed E-state index contributed by atoms with van der Waals surface area (Å²) in [5, 5.41) is 32.8. The number of aliphatic hydroxyl groups excluding tert-OH is 1. The summed E-state index contributed by atoms with van der Waals surface area (Å²) in [7, 11) is -16.8. The van der Waals surface area contributed by atoms with Gasteiger partial charge in [0.25, 0.3) is 0 Å². The molecule has 0 aromatic carbocycles. The van der Waals surface area contributed by atoms with Crippen LogP contribution in [0, 0.1) is 0 Å². The summed E-state index contributed by atoms with van der Waals surface area (Å²) >= 11 is 0. The normalized spacial score (nSPS) is 27.8. The van der Waals surface area contributed by atoms with Gasteiger partial charge in [-0.25, -0.2) is 28.3 Å². The van der Waals surface area contributed by atoms with Crippen molar-refractivity contribution in [2.75, 3.05) is 12.3 Å². The topological polar surface area (TPSA) is 308 Å². The Balaban J connectivity index is 1.59. The number of fused-ring (bicyclic) bond motifs is 1. The first-order chi connectivity index (χ1) is 17.0. The highest BCUT2D eigenvalue weighted by molar-refractivity contribution is 7.66. The maximum Gasteiger partial charge on any atom is 0.490 e. The van der Waals surface area contributed by atoms with E-state index in [0.717, 1.165) is 11.0 Å². The average Bonchev–Trinajstić information content (AvgIpc) is 3.43. The molecule has 204 valence electrons. The molecule has 3 aromatic heterocycles. The van der Waals surface area contributed by atoms with Gasteiger partial charge in [0.1, 0.15) is 35.6 Å². The number of anilines is 1. The maximum absolute atomic E-state index is 12.0. The van der Waals surface area contributed by atoms with E-state index in [2.05, 4.69) is 38.4 Å². The predicted octanol–water partition coefficient (Wildman–Crippen LogP) is -0.849. The van der Waals surface area contributed by atoms with E-state index in [1.165, 1.54) is 13.1 Å². The number of H-pyrrole nitrogens is 1. The number of aliphatic hydroxyl groups is 2. The Labute approximate surface area is 205 Å². The summed E-state index contributed by atoms with van der Waals surface area (Å²) in [6.45, 7) is 0.155. The number of nitrogens with zero attached hydrogens (tertiary/aromatic N) is 5. The minimum absolute atomic E-state index is 0.0308. The first-order valence-electron chi connectivity index (χ1n) is 9.83. The van der Waals surface area contributed by atoms with Gasteiger partial charge < -0.3 is 40.3 Å². The number of nitrogens with one attached hydrogen (secondary N) is 1. The monoisotopic (exact) mass is 587 g/mol. The van der Waals surface area contributed by atoms with Gasteiger partial charge in [0.15, 0.2) is 11.9 Å². The van der Waals surface area contributed by atoms with Crippen LogP contribution in [0.3, 0.4) is 0 Å². The summed E-state index contributed by atoms with van der Waals surface area (Å²) < 4.78 is 52.8. The zero-order chi connectivity index (χ0) is 27.4. The second-order valence-electron chi connectivity index (χ2n) is 7.81. The minimum Gasteiger partial charge on any atom is -0.387 e. The lowest BCUT2D eigenvalue weighted by atomic mass is 9.97. The van der Waals surface area contributed by atoms with Gasteiger partial charge in [0.05, 0.1) is 17.7 Å². The number of aromatic nitrogens is 6. The van der Waals surface area contributed by atoms with Crippen molar-refractivity contribution in [3.8, 4) is 11.4 Å². The Morgan fingerprint density at radius 3 is 2.51 bits per heavy atom. The molecular formula is C14H20N7O13P3. The zero-order valence-electron chi connectivity index (χ0n) is 18.4. The van der Waals surface area contributed by atoms with Crippen molar-refractivity contribution in [1.29, 1.82) is 0 Å². The van der Waals surface area contributed by atoms with E-state index in [1.807, 2.05) is 0 Å². The molecule has 37 heavy (non-hydrogen) atoms. The van der Waals surface area contributed by atoms with Crippen LogP contribution in [-0.4, -0.2) is 84.1 Å². The zero-order valence-corrected chi connectivity index (χ0v) is 21.1. The van der Waals surface area contributed by atoms with Crippen molar-refractivity contribution in [3.05, 3.63) is 18.6 Å². The second kappa shape index (κ2) is 9.55. The fraction of sp³-hybridized carbons (Fsp3) is 0.429. The van der Waals surface area contributed by atoms with Crippen LogP contribution in [-0.2, 0) is 31.6 Å². The van der Waals surface area contributed by atoms with Crippen LogP contribution in [0.1, 0.15) is 13.2 Å². The van der Waals surface area contributed by atoms with Gasteiger partial charge in [-0.3, -0.25) is 9.62 Å². The Kier molecular flexibility index (Phi) is 7.19. The highest BCUT2D eigenvalue weighted by Crippen LogP contribution is 2.66. The van der Waals surface area contributed by atoms with Crippen LogP contribution in [0.5, 0.6) is 0 Å². The van der Waals surface area contributed by atoms with Crippen molar-refractivity contribution in [1.82, 2.24) is 29.9 Å². The van der Waals surface area contributed by atoms with Crippen LogP contribution >= 0.6 is 23.5 Å². The number of phosphoric ester groups is 1. The molecule has 0 aliphatic carbocycles. The van der Waals surface area contributed by atoms with Crippen molar-refractivity contribution < 1.29 is 61.4 Å². The van der Waals surface area contributed by atoms with Crippen LogP contribution in [0.4, 0.5) is 5.82 Å². The molecule has 0 saturated carbocycles. The summed E-state index contributed by atoms with van der Waals surface area (Å²) in [6, 6.07) is 1.58. The van der Waals surface area contributed by atoms with E-state index >= 15 is 0 Å². The molecule has 4 heterocycles. The van der Waals surface area contributed by atoms with Crippen LogP contribution < -0.4 is 5.73 Å². The molecule has 23 heteroatoms. The highest BCUT2D eigenvalue weighted by Gasteiger charge is 2.55. The van der Waals surface area contributed by atoms with E-state index in [-0.39, 0.29) is 22.5 Å². The van der Waals surface area contributed by atoms with Gasteiger partial charge >= 0.3 is 23.5 Å². The molecule has 1 fully saturated rings. The number of phosphoric acid groups is 3. The number of ether oxygens (including phenoxy) is 1. The Bertz CT molecular complexity index is 1440.